The van der Waals surface area contributed by atoms with E-state index >= 15 is 0 Å². The van der Waals surface area contributed by atoms with Gasteiger partial charge in [0.15, 0.2) is 0 Å². The van der Waals surface area contributed by atoms with Crippen molar-refractivity contribution >= 4 is 17.5 Å². The van der Waals surface area contributed by atoms with Crippen LogP contribution in [0.25, 0.3) is 0 Å². The van der Waals surface area contributed by atoms with Gasteiger partial charge in [-0.15, -0.1) is 0 Å². The molecule has 1 fully saturated rings. The number of hydrogen-bond donors (Lipinski definition) is 1. The molecule has 2 aromatic rings. The molecular weight excluding hydrogens is 370 g/mol. The van der Waals surface area contributed by atoms with Gasteiger partial charge in [-0.25, -0.2) is 4.79 Å². The van der Waals surface area contributed by atoms with Gasteiger partial charge in [0.05, 0.1) is 19.4 Å². The van der Waals surface area contributed by atoms with Gasteiger partial charge in [-0.3, -0.25) is 9.80 Å². The first-order valence-corrected chi connectivity index (χ1v) is 9.96. The van der Waals surface area contributed by atoms with E-state index in [4.69, 9.17) is 9.47 Å². The van der Waals surface area contributed by atoms with E-state index in [9.17, 15) is 9.90 Å². The number of ether oxygens (including phenoxy) is 2. The van der Waals surface area contributed by atoms with Crippen molar-refractivity contribution in [3.05, 3.63) is 48.5 Å². The summed E-state index contributed by atoms with van der Waals surface area (Å²) in [6.45, 7) is 7.09. The summed E-state index contributed by atoms with van der Waals surface area (Å²) in [6.07, 6.45) is -0.964. The highest BCUT2D eigenvalue weighted by Crippen LogP contribution is 2.28. The summed E-state index contributed by atoms with van der Waals surface area (Å²) in [5.41, 5.74) is 1.78. The molecule has 0 aromatic heterocycles. The number of para-hydroxylation sites is 2. The van der Waals surface area contributed by atoms with Gasteiger partial charge in [0.25, 0.3) is 0 Å². The molecule has 7 nitrogen and oxygen atoms in total. The summed E-state index contributed by atoms with van der Waals surface area (Å²) in [6, 6.07) is 15.4. The second-order valence-corrected chi connectivity index (χ2v) is 6.86. The van der Waals surface area contributed by atoms with E-state index < -0.39 is 6.09 Å². The topological polar surface area (TPSA) is 65.5 Å². The number of anilines is 2. The van der Waals surface area contributed by atoms with Crippen LogP contribution in [0.15, 0.2) is 48.5 Å². The predicted molar refractivity (Wildman–Crippen MR) is 115 cm³/mol. The normalized spacial score (nSPS) is 14.5. The molecule has 1 saturated heterocycles. The summed E-state index contributed by atoms with van der Waals surface area (Å²) in [5.74, 6) is 1.45. The maximum atomic E-state index is 11.9. The third-order valence-electron chi connectivity index (χ3n) is 5.14. The monoisotopic (exact) mass is 399 g/mol. The molecule has 29 heavy (non-hydrogen) atoms. The molecule has 7 heteroatoms. The molecule has 0 saturated carbocycles. The van der Waals surface area contributed by atoms with Crippen LogP contribution in [0.3, 0.4) is 0 Å². The van der Waals surface area contributed by atoms with E-state index in [-0.39, 0.29) is 0 Å². The van der Waals surface area contributed by atoms with E-state index in [0.29, 0.717) is 31.1 Å². The molecule has 156 valence electrons. The van der Waals surface area contributed by atoms with Crippen molar-refractivity contribution < 1.29 is 19.4 Å². The Kier molecular flexibility index (Phi) is 7.19. The van der Waals surface area contributed by atoms with Crippen molar-refractivity contribution in [2.45, 2.75) is 6.92 Å². The average Bonchev–Trinajstić information content (AvgIpc) is 2.75. The summed E-state index contributed by atoms with van der Waals surface area (Å²) >= 11 is 0. The van der Waals surface area contributed by atoms with Crippen LogP contribution in [-0.2, 0) is 0 Å². The van der Waals surface area contributed by atoms with Gasteiger partial charge < -0.3 is 19.5 Å². The lowest BCUT2D eigenvalue weighted by Crippen LogP contribution is -2.49. The second-order valence-electron chi connectivity index (χ2n) is 6.86. The van der Waals surface area contributed by atoms with E-state index in [1.807, 2.05) is 37.3 Å². The Bertz CT molecular complexity index is 789. The average molecular weight is 399 g/mol. The third-order valence-corrected chi connectivity index (χ3v) is 5.14. The van der Waals surface area contributed by atoms with Gasteiger partial charge in [0.1, 0.15) is 11.5 Å². The van der Waals surface area contributed by atoms with Crippen molar-refractivity contribution in [2.75, 3.05) is 62.8 Å². The minimum Gasteiger partial charge on any atom is -0.497 e. The molecule has 1 amide bonds. The zero-order chi connectivity index (χ0) is 20.6. The molecule has 1 aliphatic rings. The van der Waals surface area contributed by atoms with E-state index in [1.54, 1.807) is 13.2 Å². The number of rotatable bonds is 8. The molecule has 1 N–H and O–H groups in total. The standard InChI is InChI=1S/C22H29N3O4/c1-3-29-21-7-5-4-6-20(21)25(22(26)27)17-14-23-12-15-24(16-13-23)18-8-10-19(28-2)11-9-18/h4-11H,3,12-17H2,1-2H3,(H,26,27). The highest BCUT2D eigenvalue weighted by atomic mass is 16.5. The van der Waals surface area contributed by atoms with Crippen LogP contribution in [0.4, 0.5) is 16.2 Å². The van der Waals surface area contributed by atoms with Crippen LogP contribution in [0.5, 0.6) is 11.5 Å². The largest absolute Gasteiger partial charge is 0.497 e. The number of carboxylic acid groups (broad SMARTS) is 1. The predicted octanol–water partition coefficient (Wildman–Crippen LogP) is 3.40. The molecule has 1 aliphatic heterocycles. The van der Waals surface area contributed by atoms with E-state index in [0.717, 1.165) is 31.9 Å². The van der Waals surface area contributed by atoms with Crippen LogP contribution in [0.2, 0.25) is 0 Å². The number of carbonyl (C=O) groups is 1. The summed E-state index contributed by atoms with van der Waals surface area (Å²) < 4.78 is 10.8. The Morgan fingerprint density at radius 1 is 1.07 bits per heavy atom. The highest BCUT2D eigenvalue weighted by Gasteiger charge is 2.22. The number of methoxy groups -OCH3 is 1. The summed E-state index contributed by atoms with van der Waals surface area (Å²) in [4.78, 5) is 17.9. The fraction of sp³-hybridized carbons (Fsp3) is 0.409. The van der Waals surface area contributed by atoms with Crippen molar-refractivity contribution in [1.29, 1.82) is 0 Å². The first-order chi connectivity index (χ1) is 14.1. The van der Waals surface area contributed by atoms with Gasteiger partial charge in [-0.05, 0) is 43.3 Å². The van der Waals surface area contributed by atoms with Crippen LogP contribution in [0, 0.1) is 0 Å². The number of nitrogens with zero attached hydrogens (tertiary/aromatic N) is 3. The van der Waals surface area contributed by atoms with Crippen molar-refractivity contribution in [1.82, 2.24) is 4.90 Å². The molecule has 0 unspecified atom stereocenters. The Balaban J connectivity index is 1.56. The van der Waals surface area contributed by atoms with Crippen LogP contribution >= 0.6 is 0 Å². The molecule has 0 spiro atoms. The second kappa shape index (κ2) is 10.0. The van der Waals surface area contributed by atoms with Gasteiger partial charge in [0, 0.05) is 45.0 Å². The summed E-state index contributed by atoms with van der Waals surface area (Å²) in [7, 11) is 1.67. The van der Waals surface area contributed by atoms with Crippen molar-refractivity contribution in [3.8, 4) is 11.5 Å². The fourth-order valence-corrected chi connectivity index (χ4v) is 3.54. The molecule has 0 aliphatic carbocycles. The summed E-state index contributed by atoms with van der Waals surface area (Å²) in [5, 5.41) is 9.72. The fourth-order valence-electron chi connectivity index (χ4n) is 3.54. The molecular formula is C22H29N3O4. The molecule has 0 bridgehead atoms. The Labute approximate surface area is 172 Å². The van der Waals surface area contributed by atoms with Gasteiger partial charge >= 0.3 is 6.09 Å². The van der Waals surface area contributed by atoms with Gasteiger partial charge in [0.2, 0.25) is 0 Å². The van der Waals surface area contributed by atoms with Crippen molar-refractivity contribution in [2.24, 2.45) is 0 Å². The Hall–Kier alpha value is -2.93. The lowest BCUT2D eigenvalue weighted by Gasteiger charge is -2.37. The molecule has 2 aromatic carbocycles. The molecule has 0 radical (unpaired) electrons. The smallest absolute Gasteiger partial charge is 0.411 e. The minimum absolute atomic E-state index is 0.405. The Morgan fingerprint density at radius 2 is 1.76 bits per heavy atom. The third kappa shape index (κ3) is 5.32. The lowest BCUT2D eigenvalue weighted by molar-refractivity contribution is 0.198. The molecule has 0 atom stereocenters. The van der Waals surface area contributed by atoms with Crippen LogP contribution in [-0.4, -0.2) is 69.1 Å². The zero-order valence-electron chi connectivity index (χ0n) is 17.1. The van der Waals surface area contributed by atoms with Crippen LogP contribution < -0.4 is 19.3 Å². The number of benzene rings is 2. The number of piperazine rings is 1. The van der Waals surface area contributed by atoms with Gasteiger partial charge in [-0.2, -0.15) is 0 Å². The van der Waals surface area contributed by atoms with E-state index in [2.05, 4.69) is 21.9 Å². The molecule has 3 rings (SSSR count). The first kappa shape index (κ1) is 20.8. The van der Waals surface area contributed by atoms with Crippen molar-refractivity contribution in [3.63, 3.8) is 0 Å². The quantitative estimate of drug-likeness (QED) is 0.734. The number of amides is 1. The molecule has 1 heterocycles. The maximum absolute atomic E-state index is 11.9. The van der Waals surface area contributed by atoms with Crippen LogP contribution in [0.1, 0.15) is 6.92 Å². The lowest BCUT2D eigenvalue weighted by atomic mass is 10.2. The van der Waals surface area contributed by atoms with Gasteiger partial charge in [-0.1, -0.05) is 12.1 Å². The highest BCUT2D eigenvalue weighted by molar-refractivity contribution is 5.88. The SMILES string of the molecule is CCOc1ccccc1N(CCN1CCN(c2ccc(OC)cc2)CC1)C(=O)O. The van der Waals surface area contributed by atoms with E-state index in [1.165, 1.54) is 10.6 Å². The zero-order valence-corrected chi connectivity index (χ0v) is 17.1. The Morgan fingerprint density at radius 3 is 2.38 bits per heavy atom. The first-order valence-electron chi connectivity index (χ1n) is 9.96. The number of hydrogen-bond acceptors (Lipinski definition) is 5. The maximum Gasteiger partial charge on any atom is 0.411 e. The minimum atomic E-state index is -0.964.